The Bertz CT molecular complexity index is 959. The molecule has 3 aromatic rings. The number of aromatic nitrogens is 1. The van der Waals surface area contributed by atoms with Crippen molar-refractivity contribution in [2.75, 3.05) is 11.5 Å². The molecule has 0 saturated heterocycles. The summed E-state index contributed by atoms with van der Waals surface area (Å²) in [6.45, 7) is 2.42. The number of carbonyl (C=O) groups excluding carboxylic acids is 2. The number of hydrogen-bond donors (Lipinski definition) is 0. The number of amides is 1. The molecule has 0 atom stereocenters. The number of pyridine rings is 1. The van der Waals surface area contributed by atoms with E-state index in [1.165, 1.54) is 0 Å². The monoisotopic (exact) mass is 394 g/mol. The second-order valence-corrected chi connectivity index (χ2v) is 6.46. The zero-order chi connectivity index (χ0) is 19.9. The first-order valence-electron chi connectivity index (χ1n) is 8.82. The Kier molecular flexibility index (Phi) is 6.40. The van der Waals surface area contributed by atoms with E-state index in [9.17, 15) is 9.59 Å². The molecule has 5 nitrogen and oxygen atoms in total. The van der Waals surface area contributed by atoms with Gasteiger partial charge in [0.25, 0.3) is 5.91 Å². The van der Waals surface area contributed by atoms with Crippen molar-refractivity contribution in [1.29, 1.82) is 0 Å². The van der Waals surface area contributed by atoms with Crippen molar-refractivity contribution in [3.05, 3.63) is 94.8 Å². The molecule has 6 heteroatoms. The first-order valence-corrected chi connectivity index (χ1v) is 9.20. The average Bonchev–Trinajstić information content (AvgIpc) is 2.72. The summed E-state index contributed by atoms with van der Waals surface area (Å²) in [7, 11) is 0. The fourth-order valence-electron chi connectivity index (χ4n) is 2.72. The molecule has 0 spiro atoms. The number of hydrogen-bond acceptors (Lipinski definition) is 4. The summed E-state index contributed by atoms with van der Waals surface area (Å²) >= 11 is 6.05. The number of benzene rings is 2. The molecule has 0 unspecified atom stereocenters. The topological polar surface area (TPSA) is 59.5 Å². The maximum Gasteiger partial charge on any atom is 0.338 e. The van der Waals surface area contributed by atoms with E-state index < -0.39 is 5.97 Å². The maximum absolute atomic E-state index is 13.2. The molecule has 0 fully saturated rings. The Morgan fingerprint density at radius 2 is 1.71 bits per heavy atom. The van der Waals surface area contributed by atoms with Gasteiger partial charge in [0, 0.05) is 28.7 Å². The fourth-order valence-corrected chi connectivity index (χ4v) is 2.91. The summed E-state index contributed by atoms with van der Waals surface area (Å²) in [4.78, 5) is 30.7. The molecule has 0 radical (unpaired) electrons. The predicted octanol–water partition coefficient (Wildman–Crippen LogP) is 4.76. The number of ether oxygens (including phenoxy) is 1. The van der Waals surface area contributed by atoms with Gasteiger partial charge in [-0.3, -0.25) is 9.78 Å². The molecule has 1 heterocycles. The first kappa shape index (κ1) is 19.6. The fraction of sp³-hybridized carbons (Fsp3) is 0.136. The number of halogens is 1. The molecule has 0 aliphatic rings. The van der Waals surface area contributed by atoms with Crippen LogP contribution in [0.3, 0.4) is 0 Å². The SMILES string of the molecule is CCOC(=O)c1ccc(N(Cc2ccncc2)C(=O)c2cccc(Cl)c2)cc1. The van der Waals surface area contributed by atoms with Crippen LogP contribution < -0.4 is 4.90 Å². The van der Waals surface area contributed by atoms with Gasteiger partial charge in [-0.25, -0.2) is 4.79 Å². The summed E-state index contributed by atoms with van der Waals surface area (Å²) in [6.07, 6.45) is 3.36. The van der Waals surface area contributed by atoms with Crippen LogP contribution in [0.4, 0.5) is 5.69 Å². The molecule has 0 aliphatic carbocycles. The molecule has 1 aromatic heterocycles. The minimum Gasteiger partial charge on any atom is -0.462 e. The average molecular weight is 395 g/mol. The Labute approximate surface area is 168 Å². The number of carbonyl (C=O) groups is 2. The van der Waals surface area contributed by atoms with E-state index in [0.717, 1.165) is 5.56 Å². The zero-order valence-corrected chi connectivity index (χ0v) is 16.1. The van der Waals surface area contributed by atoms with Crippen molar-refractivity contribution in [2.45, 2.75) is 13.5 Å². The zero-order valence-electron chi connectivity index (χ0n) is 15.3. The Balaban J connectivity index is 1.94. The number of anilines is 1. The van der Waals surface area contributed by atoms with Crippen molar-refractivity contribution >= 4 is 29.2 Å². The molecule has 0 bridgehead atoms. The summed E-state index contributed by atoms with van der Waals surface area (Å²) in [5, 5.41) is 0.493. The van der Waals surface area contributed by atoms with Crippen LogP contribution in [-0.4, -0.2) is 23.5 Å². The lowest BCUT2D eigenvalue weighted by Crippen LogP contribution is -2.30. The van der Waals surface area contributed by atoms with Gasteiger partial charge in [0.1, 0.15) is 0 Å². The minimum atomic E-state index is -0.393. The number of esters is 1. The Morgan fingerprint density at radius 1 is 1.00 bits per heavy atom. The molecule has 3 rings (SSSR count). The van der Waals surface area contributed by atoms with Gasteiger partial charge >= 0.3 is 5.97 Å². The molecule has 0 saturated carbocycles. The summed E-state index contributed by atoms with van der Waals surface area (Å²) in [5.74, 6) is -0.584. The van der Waals surface area contributed by atoms with Gasteiger partial charge in [-0.05, 0) is 67.1 Å². The molecular formula is C22H19ClN2O3. The van der Waals surface area contributed by atoms with Gasteiger partial charge in [-0.1, -0.05) is 17.7 Å². The van der Waals surface area contributed by atoms with Crippen LogP contribution in [0.25, 0.3) is 0 Å². The first-order chi connectivity index (χ1) is 13.6. The molecule has 2 aromatic carbocycles. The lowest BCUT2D eigenvalue weighted by Gasteiger charge is -2.23. The minimum absolute atomic E-state index is 0.191. The van der Waals surface area contributed by atoms with E-state index >= 15 is 0 Å². The third-order valence-electron chi connectivity index (χ3n) is 4.10. The highest BCUT2D eigenvalue weighted by Gasteiger charge is 2.19. The highest BCUT2D eigenvalue weighted by Crippen LogP contribution is 2.22. The highest BCUT2D eigenvalue weighted by atomic mass is 35.5. The summed E-state index contributed by atoms with van der Waals surface area (Å²) < 4.78 is 5.01. The van der Waals surface area contributed by atoms with Crippen molar-refractivity contribution in [3.8, 4) is 0 Å². The van der Waals surface area contributed by atoms with Gasteiger partial charge in [-0.2, -0.15) is 0 Å². The van der Waals surface area contributed by atoms with Crippen LogP contribution >= 0.6 is 11.6 Å². The van der Waals surface area contributed by atoms with Gasteiger partial charge in [0.15, 0.2) is 0 Å². The lowest BCUT2D eigenvalue weighted by atomic mass is 10.1. The van der Waals surface area contributed by atoms with Crippen LogP contribution in [0.1, 0.15) is 33.2 Å². The molecule has 1 amide bonds. The number of nitrogens with zero attached hydrogens (tertiary/aromatic N) is 2. The van der Waals surface area contributed by atoms with Crippen molar-refractivity contribution in [3.63, 3.8) is 0 Å². The van der Waals surface area contributed by atoms with Crippen molar-refractivity contribution in [2.24, 2.45) is 0 Å². The van der Waals surface area contributed by atoms with Crippen LogP contribution in [0.5, 0.6) is 0 Å². The molecule has 142 valence electrons. The van der Waals surface area contributed by atoms with E-state index in [2.05, 4.69) is 4.98 Å². The normalized spacial score (nSPS) is 10.4. The largest absolute Gasteiger partial charge is 0.462 e. The molecule has 0 N–H and O–H groups in total. The van der Waals surface area contributed by atoms with Crippen LogP contribution in [0.2, 0.25) is 5.02 Å². The van der Waals surface area contributed by atoms with Gasteiger partial charge in [0.05, 0.1) is 18.7 Å². The van der Waals surface area contributed by atoms with E-state index in [-0.39, 0.29) is 5.91 Å². The van der Waals surface area contributed by atoms with Crippen molar-refractivity contribution < 1.29 is 14.3 Å². The van der Waals surface area contributed by atoms with E-state index in [4.69, 9.17) is 16.3 Å². The van der Waals surface area contributed by atoms with Crippen LogP contribution in [0.15, 0.2) is 73.1 Å². The van der Waals surface area contributed by atoms with Gasteiger partial charge < -0.3 is 9.64 Å². The highest BCUT2D eigenvalue weighted by molar-refractivity contribution is 6.31. The van der Waals surface area contributed by atoms with Gasteiger partial charge in [0.2, 0.25) is 0 Å². The quantitative estimate of drug-likeness (QED) is 0.565. The third-order valence-corrected chi connectivity index (χ3v) is 4.33. The standard InChI is InChI=1S/C22H19ClN2O3/c1-2-28-22(27)17-6-8-20(9-7-17)25(15-16-10-12-24-13-11-16)21(26)18-4-3-5-19(23)14-18/h3-14H,2,15H2,1H3. The second kappa shape index (κ2) is 9.15. The summed E-state index contributed by atoms with van der Waals surface area (Å²) in [5.41, 5.74) is 2.51. The smallest absolute Gasteiger partial charge is 0.338 e. The van der Waals surface area contributed by atoms with Crippen molar-refractivity contribution in [1.82, 2.24) is 4.98 Å². The predicted molar refractivity (Wildman–Crippen MR) is 109 cm³/mol. The van der Waals surface area contributed by atoms with Gasteiger partial charge in [-0.15, -0.1) is 0 Å². The second-order valence-electron chi connectivity index (χ2n) is 6.02. The third kappa shape index (κ3) is 4.75. The summed E-state index contributed by atoms with van der Waals surface area (Å²) in [6, 6.07) is 17.3. The van der Waals surface area contributed by atoms with E-state index in [0.29, 0.717) is 35.0 Å². The molecular weight excluding hydrogens is 376 g/mol. The molecule has 28 heavy (non-hydrogen) atoms. The van der Waals surface area contributed by atoms with Crippen LogP contribution in [0, 0.1) is 0 Å². The maximum atomic E-state index is 13.2. The van der Waals surface area contributed by atoms with E-state index in [1.54, 1.807) is 72.7 Å². The van der Waals surface area contributed by atoms with Crippen LogP contribution in [-0.2, 0) is 11.3 Å². The lowest BCUT2D eigenvalue weighted by molar-refractivity contribution is 0.0526. The molecule has 0 aliphatic heterocycles. The number of rotatable bonds is 6. The van der Waals surface area contributed by atoms with E-state index in [1.807, 2.05) is 12.1 Å². The Morgan fingerprint density at radius 3 is 2.36 bits per heavy atom. The Hall–Kier alpha value is -3.18.